The molecule has 0 aromatic heterocycles. The van der Waals surface area contributed by atoms with E-state index < -0.39 is 0 Å². The van der Waals surface area contributed by atoms with Gasteiger partial charge < -0.3 is 4.74 Å². The maximum Gasteiger partial charge on any atom is 0.305 e. The Morgan fingerprint density at radius 3 is 2.56 bits per heavy atom. The van der Waals surface area contributed by atoms with Crippen LogP contribution in [0.3, 0.4) is 0 Å². The quantitative estimate of drug-likeness (QED) is 0.450. The molecule has 0 spiro atoms. The third-order valence-electron chi connectivity index (χ3n) is 2.75. The van der Waals surface area contributed by atoms with E-state index in [9.17, 15) is 9.59 Å². The molecule has 0 bridgehead atoms. The zero-order chi connectivity index (χ0) is 13.5. The average Bonchev–Trinajstić information content (AvgIpc) is 2.37. The minimum absolute atomic E-state index is 0.0218. The number of carbonyl (C=O) groups excluding carboxylic acids is 2. The van der Waals surface area contributed by atoms with Crippen LogP contribution < -0.4 is 0 Å². The van der Waals surface area contributed by atoms with Crippen LogP contribution in [0.15, 0.2) is 18.2 Å². The van der Waals surface area contributed by atoms with Crippen LogP contribution in [0.2, 0.25) is 5.02 Å². The number of hydrogen-bond donors (Lipinski definition) is 0. The number of benzene rings is 1. The Morgan fingerprint density at radius 2 is 1.89 bits per heavy atom. The number of hydrogen-bond acceptors (Lipinski definition) is 3. The number of halogens is 1. The lowest BCUT2D eigenvalue weighted by molar-refractivity contribution is -0.140. The molecule has 4 heteroatoms. The highest BCUT2D eigenvalue weighted by atomic mass is 35.5. The first-order valence-electron chi connectivity index (χ1n) is 5.91. The van der Waals surface area contributed by atoms with Gasteiger partial charge in [-0.2, -0.15) is 0 Å². The molecule has 0 aliphatic carbocycles. The van der Waals surface area contributed by atoms with Crippen molar-refractivity contribution in [3.63, 3.8) is 0 Å². The van der Waals surface area contributed by atoms with Gasteiger partial charge in [0.1, 0.15) is 0 Å². The first kappa shape index (κ1) is 14.7. The van der Waals surface area contributed by atoms with Crippen molar-refractivity contribution in [3.05, 3.63) is 34.3 Å². The molecule has 0 aliphatic heterocycles. The molecule has 1 aromatic carbocycles. The molecule has 1 aromatic rings. The van der Waals surface area contributed by atoms with Crippen LogP contribution in [0.4, 0.5) is 0 Å². The van der Waals surface area contributed by atoms with Crippen LogP contribution in [0.1, 0.15) is 41.6 Å². The Kier molecular flexibility index (Phi) is 5.86. The third-order valence-corrected chi connectivity index (χ3v) is 3.26. The van der Waals surface area contributed by atoms with E-state index in [0.29, 0.717) is 36.3 Å². The van der Waals surface area contributed by atoms with Gasteiger partial charge in [0, 0.05) is 18.4 Å². The van der Waals surface area contributed by atoms with Crippen LogP contribution in [-0.2, 0) is 9.53 Å². The summed E-state index contributed by atoms with van der Waals surface area (Å²) in [6, 6.07) is 5.43. The van der Waals surface area contributed by atoms with Crippen molar-refractivity contribution in [1.29, 1.82) is 0 Å². The van der Waals surface area contributed by atoms with Crippen molar-refractivity contribution in [1.82, 2.24) is 0 Å². The lowest BCUT2D eigenvalue weighted by Gasteiger charge is -2.05. The highest BCUT2D eigenvalue weighted by Gasteiger charge is 2.11. The Balaban J connectivity index is 2.46. The van der Waals surface area contributed by atoms with Crippen molar-refractivity contribution in [3.8, 4) is 0 Å². The van der Waals surface area contributed by atoms with E-state index in [1.54, 1.807) is 6.07 Å². The summed E-state index contributed by atoms with van der Waals surface area (Å²) in [5, 5.41) is 0.524. The first-order valence-corrected chi connectivity index (χ1v) is 6.29. The van der Waals surface area contributed by atoms with Crippen LogP contribution in [-0.4, -0.2) is 18.9 Å². The molecule has 3 nitrogen and oxygen atoms in total. The van der Waals surface area contributed by atoms with Crippen LogP contribution in [0, 0.1) is 6.92 Å². The van der Waals surface area contributed by atoms with Gasteiger partial charge in [-0.25, -0.2) is 0 Å². The second-order valence-electron chi connectivity index (χ2n) is 4.14. The van der Waals surface area contributed by atoms with Crippen molar-refractivity contribution in [2.24, 2.45) is 0 Å². The number of ether oxygens (including phenoxy) is 1. The molecule has 0 saturated carbocycles. The van der Waals surface area contributed by atoms with E-state index in [4.69, 9.17) is 11.6 Å². The standard InChI is InChI=1S/C14H17ClO3/c1-10-6-5-7-11(14(10)15)12(16)8-3-4-9-13(17)18-2/h5-7H,3-4,8-9H2,1-2H3. The summed E-state index contributed by atoms with van der Waals surface area (Å²) < 4.78 is 4.53. The fraction of sp³-hybridized carbons (Fsp3) is 0.429. The Hall–Kier alpha value is -1.35. The zero-order valence-corrected chi connectivity index (χ0v) is 11.4. The maximum atomic E-state index is 11.9. The molecule has 18 heavy (non-hydrogen) atoms. The van der Waals surface area contributed by atoms with Crippen molar-refractivity contribution < 1.29 is 14.3 Å². The van der Waals surface area contributed by atoms with Gasteiger partial charge >= 0.3 is 5.97 Å². The van der Waals surface area contributed by atoms with Crippen molar-refractivity contribution >= 4 is 23.4 Å². The summed E-state index contributed by atoms with van der Waals surface area (Å²) in [6.45, 7) is 1.87. The number of ketones is 1. The molecule has 0 aliphatic rings. The molecular formula is C14H17ClO3. The van der Waals surface area contributed by atoms with Crippen molar-refractivity contribution in [2.45, 2.75) is 32.6 Å². The van der Waals surface area contributed by atoms with E-state index in [1.165, 1.54) is 7.11 Å². The van der Waals surface area contributed by atoms with Crippen LogP contribution in [0.25, 0.3) is 0 Å². The third kappa shape index (κ3) is 4.15. The van der Waals surface area contributed by atoms with Gasteiger partial charge in [0.2, 0.25) is 0 Å². The molecule has 0 saturated heterocycles. The monoisotopic (exact) mass is 268 g/mol. The first-order chi connectivity index (χ1) is 8.56. The van der Waals surface area contributed by atoms with E-state index in [2.05, 4.69) is 4.74 Å². The van der Waals surface area contributed by atoms with E-state index in [-0.39, 0.29) is 11.8 Å². The van der Waals surface area contributed by atoms with E-state index in [0.717, 1.165) is 5.56 Å². The number of esters is 1. The molecule has 0 heterocycles. The predicted molar refractivity (Wildman–Crippen MR) is 71.0 cm³/mol. The second-order valence-corrected chi connectivity index (χ2v) is 4.52. The molecule has 1 rings (SSSR count). The fourth-order valence-corrected chi connectivity index (χ4v) is 1.89. The summed E-state index contributed by atoms with van der Waals surface area (Å²) in [7, 11) is 1.36. The molecule has 0 atom stereocenters. The topological polar surface area (TPSA) is 43.4 Å². The van der Waals surface area contributed by atoms with E-state index in [1.807, 2.05) is 19.1 Å². The lowest BCUT2D eigenvalue weighted by atomic mass is 10.0. The van der Waals surface area contributed by atoms with Gasteiger partial charge in [-0.05, 0) is 31.4 Å². The molecule has 0 amide bonds. The molecule has 0 radical (unpaired) electrons. The second kappa shape index (κ2) is 7.17. The smallest absolute Gasteiger partial charge is 0.305 e. The molecule has 98 valence electrons. The van der Waals surface area contributed by atoms with Crippen molar-refractivity contribution in [2.75, 3.05) is 7.11 Å². The number of Topliss-reactive ketones (excluding diaryl/α,β-unsaturated/α-hetero) is 1. The molecule has 0 N–H and O–H groups in total. The summed E-state index contributed by atoms with van der Waals surface area (Å²) >= 11 is 6.08. The van der Waals surface area contributed by atoms with Crippen LogP contribution >= 0.6 is 11.6 Å². The highest BCUT2D eigenvalue weighted by molar-refractivity contribution is 6.34. The number of rotatable bonds is 6. The van der Waals surface area contributed by atoms with Gasteiger partial charge in [-0.15, -0.1) is 0 Å². The van der Waals surface area contributed by atoms with E-state index >= 15 is 0 Å². The average molecular weight is 269 g/mol. The summed E-state index contributed by atoms with van der Waals surface area (Å²) in [6.07, 6.45) is 2.07. The predicted octanol–water partition coefficient (Wildman–Crippen LogP) is 3.56. The van der Waals surface area contributed by atoms with Crippen LogP contribution in [0.5, 0.6) is 0 Å². The number of unbranched alkanes of at least 4 members (excludes halogenated alkanes) is 1. The maximum absolute atomic E-state index is 11.9. The fourth-order valence-electron chi connectivity index (χ4n) is 1.65. The van der Waals surface area contributed by atoms with Gasteiger partial charge in [0.25, 0.3) is 0 Å². The summed E-state index contributed by atoms with van der Waals surface area (Å²) in [5.74, 6) is -0.218. The van der Waals surface area contributed by atoms with Gasteiger partial charge in [-0.3, -0.25) is 9.59 Å². The lowest BCUT2D eigenvalue weighted by Crippen LogP contribution is -2.03. The normalized spacial score (nSPS) is 10.2. The SMILES string of the molecule is COC(=O)CCCCC(=O)c1cccc(C)c1Cl. The Labute approximate surface area is 112 Å². The van der Waals surface area contributed by atoms with Gasteiger partial charge in [-0.1, -0.05) is 23.7 Å². The number of methoxy groups -OCH3 is 1. The minimum Gasteiger partial charge on any atom is -0.469 e. The zero-order valence-electron chi connectivity index (χ0n) is 10.7. The van der Waals surface area contributed by atoms with Gasteiger partial charge in [0.05, 0.1) is 12.1 Å². The molecule has 0 fully saturated rings. The molecular weight excluding hydrogens is 252 g/mol. The number of carbonyl (C=O) groups is 2. The molecule has 0 unspecified atom stereocenters. The highest BCUT2D eigenvalue weighted by Crippen LogP contribution is 2.22. The number of aryl methyl sites for hydroxylation is 1. The largest absolute Gasteiger partial charge is 0.469 e. The Morgan fingerprint density at radius 1 is 1.22 bits per heavy atom. The minimum atomic E-state index is -0.240. The van der Waals surface area contributed by atoms with Gasteiger partial charge in [0.15, 0.2) is 5.78 Å². The Bertz CT molecular complexity index is 441. The summed E-state index contributed by atoms with van der Waals surface area (Å²) in [4.78, 5) is 22.8. The summed E-state index contributed by atoms with van der Waals surface area (Å²) in [5.41, 5.74) is 1.46.